The van der Waals surface area contributed by atoms with Gasteiger partial charge in [-0.3, -0.25) is 4.79 Å². The average molecular weight is 327 g/mol. The van der Waals surface area contributed by atoms with E-state index in [1.165, 1.54) is 24.3 Å². The maximum atomic E-state index is 12.1. The van der Waals surface area contributed by atoms with Crippen molar-refractivity contribution in [3.63, 3.8) is 0 Å². The van der Waals surface area contributed by atoms with E-state index < -0.39 is 5.51 Å². The first-order valence-electron chi connectivity index (χ1n) is 4.87. The molecule has 1 nitrogen and oxygen atoms in total. The Morgan fingerprint density at radius 1 is 1.24 bits per heavy atom. The van der Waals surface area contributed by atoms with Crippen molar-refractivity contribution in [1.82, 2.24) is 0 Å². The fourth-order valence-electron chi connectivity index (χ4n) is 1.21. The van der Waals surface area contributed by atoms with Crippen molar-refractivity contribution in [3.8, 4) is 0 Å². The minimum Gasteiger partial charge on any atom is -0.294 e. The van der Waals surface area contributed by atoms with Crippen LogP contribution < -0.4 is 0 Å². The summed E-state index contributed by atoms with van der Waals surface area (Å²) in [6.07, 6.45) is 1.12. The van der Waals surface area contributed by atoms with Crippen LogP contribution in [0.2, 0.25) is 0 Å². The summed E-state index contributed by atoms with van der Waals surface area (Å²) in [5.74, 6) is -0.0481. The van der Waals surface area contributed by atoms with Crippen molar-refractivity contribution in [2.75, 3.05) is 5.33 Å². The van der Waals surface area contributed by atoms with Gasteiger partial charge in [0.15, 0.2) is 5.78 Å². The summed E-state index contributed by atoms with van der Waals surface area (Å²) in [5.41, 5.74) is -3.83. The molecule has 0 N–H and O–H groups in total. The second-order valence-corrected chi connectivity index (χ2v) is 5.22. The minimum atomic E-state index is -4.29. The highest BCUT2D eigenvalue weighted by Crippen LogP contribution is 2.36. The van der Waals surface area contributed by atoms with E-state index in [9.17, 15) is 18.0 Å². The zero-order valence-electron chi connectivity index (χ0n) is 8.76. The molecule has 0 aliphatic rings. The molecule has 0 aromatic heterocycles. The second kappa shape index (κ2) is 6.44. The molecule has 0 amide bonds. The Balaban J connectivity index is 2.64. The lowest BCUT2D eigenvalue weighted by molar-refractivity contribution is -0.0328. The molecule has 0 heterocycles. The van der Waals surface area contributed by atoms with Crippen LogP contribution in [0.3, 0.4) is 0 Å². The van der Waals surface area contributed by atoms with Gasteiger partial charge in [-0.25, -0.2) is 0 Å². The lowest BCUT2D eigenvalue weighted by Gasteiger charge is -2.06. The summed E-state index contributed by atoms with van der Waals surface area (Å²) in [5, 5.41) is 0.737. The van der Waals surface area contributed by atoms with Gasteiger partial charge in [-0.05, 0) is 30.3 Å². The van der Waals surface area contributed by atoms with Gasteiger partial charge in [-0.15, -0.1) is 0 Å². The third-order valence-electron chi connectivity index (χ3n) is 1.95. The number of hydrogen-bond donors (Lipinski definition) is 0. The lowest BCUT2D eigenvalue weighted by Crippen LogP contribution is -2.01. The summed E-state index contributed by atoms with van der Waals surface area (Å²) in [6.45, 7) is 0. The van der Waals surface area contributed by atoms with E-state index in [0.29, 0.717) is 12.0 Å². The average Bonchev–Trinajstić information content (AvgIpc) is 2.24. The zero-order valence-corrected chi connectivity index (χ0v) is 11.2. The van der Waals surface area contributed by atoms with Crippen molar-refractivity contribution in [2.45, 2.75) is 23.2 Å². The van der Waals surface area contributed by atoms with Gasteiger partial charge in [0.05, 0.1) is 0 Å². The Kier molecular flexibility index (Phi) is 5.52. The van der Waals surface area contributed by atoms with E-state index in [1.54, 1.807) is 0 Å². The van der Waals surface area contributed by atoms with Crippen LogP contribution in [0.4, 0.5) is 13.2 Å². The largest absolute Gasteiger partial charge is 0.446 e. The molecular formula is C11H10BrF3OS. The standard InChI is InChI=1S/C11H10BrF3OS/c12-7-1-2-10(16)8-3-5-9(6-4-8)17-11(13,14)15/h3-6H,1-2,7H2. The Hall–Kier alpha value is -0.490. The van der Waals surface area contributed by atoms with Crippen LogP contribution in [0.1, 0.15) is 23.2 Å². The molecule has 0 bridgehead atoms. The Labute approximate surface area is 110 Å². The molecule has 0 fully saturated rings. The fourth-order valence-corrected chi connectivity index (χ4v) is 2.03. The highest BCUT2D eigenvalue weighted by molar-refractivity contribution is 9.09. The van der Waals surface area contributed by atoms with Crippen LogP contribution in [-0.2, 0) is 0 Å². The predicted octanol–water partition coefficient (Wildman–Crippen LogP) is 4.66. The Morgan fingerprint density at radius 3 is 2.29 bits per heavy atom. The molecule has 6 heteroatoms. The molecule has 94 valence electrons. The number of halogens is 4. The van der Waals surface area contributed by atoms with Gasteiger partial charge in [0.1, 0.15) is 0 Å². The van der Waals surface area contributed by atoms with Crippen molar-refractivity contribution in [1.29, 1.82) is 0 Å². The van der Waals surface area contributed by atoms with Gasteiger partial charge in [0.2, 0.25) is 0 Å². The monoisotopic (exact) mass is 326 g/mol. The number of ketones is 1. The second-order valence-electron chi connectivity index (χ2n) is 3.29. The van der Waals surface area contributed by atoms with E-state index in [1.807, 2.05) is 0 Å². The third kappa shape index (κ3) is 5.59. The Morgan fingerprint density at radius 2 is 1.82 bits per heavy atom. The molecule has 1 rings (SSSR count). The first-order valence-corrected chi connectivity index (χ1v) is 6.81. The highest BCUT2D eigenvalue weighted by atomic mass is 79.9. The summed E-state index contributed by atoms with van der Waals surface area (Å²) in [4.78, 5) is 11.6. The number of alkyl halides is 4. The van der Waals surface area contributed by atoms with Crippen LogP contribution in [0.25, 0.3) is 0 Å². The minimum absolute atomic E-state index is 0.0481. The summed E-state index contributed by atoms with van der Waals surface area (Å²) in [6, 6.07) is 5.51. The van der Waals surface area contributed by atoms with Crippen LogP contribution in [0.5, 0.6) is 0 Å². The summed E-state index contributed by atoms with van der Waals surface area (Å²) >= 11 is 3.03. The quantitative estimate of drug-likeness (QED) is 0.445. The molecule has 0 radical (unpaired) electrons. The first-order chi connectivity index (χ1) is 7.92. The highest BCUT2D eigenvalue weighted by Gasteiger charge is 2.29. The van der Waals surface area contributed by atoms with Gasteiger partial charge in [-0.2, -0.15) is 13.2 Å². The topological polar surface area (TPSA) is 17.1 Å². The van der Waals surface area contributed by atoms with Crippen LogP contribution in [0.15, 0.2) is 29.2 Å². The molecule has 0 saturated heterocycles. The number of benzene rings is 1. The number of hydrogen-bond acceptors (Lipinski definition) is 2. The molecule has 0 atom stereocenters. The molecule has 0 unspecified atom stereocenters. The van der Waals surface area contributed by atoms with Crippen molar-refractivity contribution in [2.24, 2.45) is 0 Å². The van der Waals surface area contributed by atoms with E-state index in [0.717, 1.165) is 11.8 Å². The van der Waals surface area contributed by atoms with Gasteiger partial charge in [0.25, 0.3) is 0 Å². The molecule has 0 saturated carbocycles. The van der Waals surface area contributed by atoms with E-state index >= 15 is 0 Å². The molecule has 1 aromatic carbocycles. The number of thioether (sulfide) groups is 1. The summed E-state index contributed by atoms with van der Waals surface area (Å²) in [7, 11) is 0. The van der Waals surface area contributed by atoms with E-state index in [-0.39, 0.29) is 22.4 Å². The van der Waals surface area contributed by atoms with Crippen LogP contribution in [0, 0.1) is 0 Å². The molecule has 0 aliphatic carbocycles. The van der Waals surface area contributed by atoms with E-state index in [2.05, 4.69) is 15.9 Å². The number of carbonyl (C=O) groups is 1. The number of rotatable bonds is 5. The van der Waals surface area contributed by atoms with Crippen molar-refractivity contribution >= 4 is 33.5 Å². The van der Waals surface area contributed by atoms with Crippen LogP contribution in [-0.4, -0.2) is 16.6 Å². The van der Waals surface area contributed by atoms with Crippen molar-refractivity contribution in [3.05, 3.63) is 29.8 Å². The van der Waals surface area contributed by atoms with Crippen LogP contribution >= 0.6 is 27.7 Å². The zero-order chi connectivity index (χ0) is 12.9. The van der Waals surface area contributed by atoms with Gasteiger partial charge < -0.3 is 0 Å². The SMILES string of the molecule is O=C(CCCBr)c1ccc(SC(F)(F)F)cc1. The Bertz CT molecular complexity index is 375. The molecule has 0 aliphatic heterocycles. The smallest absolute Gasteiger partial charge is 0.294 e. The fraction of sp³-hybridized carbons (Fsp3) is 0.364. The van der Waals surface area contributed by atoms with E-state index in [4.69, 9.17) is 0 Å². The molecule has 1 aromatic rings. The maximum Gasteiger partial charge on any atom is 0.446 e. The van der Waals surface area contributed by atoms with Gasteiger partial charge in [-0.1, -0.05) is 28.1 Å². The maximum absolute atomic E-state index is 12.1. The number of Topliss-reactive ketones (excluding diaryl/α,β-unsaturated/α-hetero) is 1. The number of carbonyl (C=O) groups excluding carboxylic acids is 1. The summed E-state index contributed by atoms with van der Waals surface area (Å²) < 4.78 is 36.2. The predicted molar refractivity (Wildman–Crippen MR) is 65.7 cm³/mol. The third-order valence-corrected chi connectivity index (χ3v) is 3.25. The van der Waals surface area contributed by atoms with Gasteiger partial charge >= 0.3 is 5.51 Å². The normalized spacial score (nSPS) is 11.5. The molecular weight excluding hydrogens is 317 g/mol. The molecule has 17 heavy (non-hydrogen) atoms. The first kappa shape index (κ1) is 14.6. The van der Waals surface area contributed by atoms with Crippen molar-refractivity contribution < 1.29 is 18.0 Å². The van der Waals surface area contributed by atoms with Gasteiger partial charge in [0, 0.05) is 22.2 Å². The lowest BCUT2D eigenvalue weighted by atomic mass is 10.1. The molecule has 0 spiro atoms.